The molecule has 3 atom stereocenters. The first-order chi connectivity index (χ1) is 11.5. The molecule has 130 valence electrons. The molecule has 0 bridgehead atoms. The van der Waals surface area contributed by atoms with E-state index in [9.17, 15) is 14.7 Å². The second-order valence-corrected chi connectivity index (χ2v) is 6.68. The highest BCUT2D eigenvalue weighted by molar-refractivity contribution is 5.88. The van der Waals surface area contributed by atoms with E-state index in [4.69, 9.17) is 4.74 Å². The highest BCUT2D eigenvalue weighted by Crippen LogP contribution is 2.35. The van der Waals surface area contributed by atoms with E-state index in [1.165, 1.54) is 4.90 Å². The van der Waals surface area contributed by atoms with Crippen LogP contribution in [0.2, 0.25) is 0 Å². The zero-order chi connectivity index (χ0) is 17.3. The Labute approximate surface area is 142 Å². The number of rotatable bonds is 4. The number of hydrogen-bond donors (Lipinski definition) is 1. The van der Waals surface area contributed by atoms with Crippen LogP contribution in [0.3, 0.4) is 0 Å². The minimum atomic E-state index is -0.438. The van der Waals surface area contributed by atoms with Gasteiger partial charge in [0, 0.05) is 33.5 Å². The van der Waals surface area contributed by atoms with Crippen molar-refractivity contribution in [3.05, 3.63) is 29.8 Å². The number of benzene rings is 1. The number of aromatic hydroxyl groups is 1. The first-order valence-electron chi connectivity index (χ1n) is 8.40. The summed E-state index contributed by atoms with van der Waals surface area (Å²) in [5.74, 6) is 0.107. The van der Waals surface area contributed by atoms with Gasteiger partial charge >= 0.3 is 0 Å². The number of phenolic OH excluding ortho intramolecular Hbond substituents is 1. The van der Waals surface area contributed by atoms with Crippen LogP contribution in [0.25, 0.3) is 0 Å². The van der Waals surface area contributed by atoms with Gasteiger partial charge in [-0.05, 0) is 24.5 Å². The fourth-order valence-corrected chi connectivity index (χ4v) is 3.71. The van der Waals surface area contributed by atoms with Crippen LogP contribution < -0.4 is 0 Å². The molecule has 24 heavy (non-hydrogen) atoms. The highest BCUT2D eigenvalue weighted by Gasteiger charge is 2.49. The van der Waals surface area contributed by atoms with Crippen molar-refractivity contribution in [1.82, 2.24) is 9.80 Å². The summed E-state index contributed by atoms with van der Waals surface area (Å²) in [6.07, 6.45) is 2.06. The SMILES string of the molecule is CN(C)C(=O)C1C[C@@H]2OCC[C@@H]2N1C(=O)CCc1ccccc1O. The van der Waals surface area contributed by atoms with Gasteiger partial charge in [-0.3, -0.25) is 9.59 Å². The zero-order valence-corrected chi connectivity index (χ0v) is 14.1. The van der Waals surface area contributed by atoms with E-state index in [2.05, 4.69) is 0 Å². The van der Waals surface area contributed by atoms with Crippen LogP contribution in [0.5, 0.6) is 5.75 Å². The van der Waals surface area contributed by atoms with Crippen LogP contribution in [-0.2, 0) is 20.7 Å². The lowest BCUT2D eigenvalue weighted by Gasteiger charge is -2.30. The lowest BCUT2D eigenvalue weighted by molar-refractivity contribution is -0.144. The summed E-state index contributed by atoms with van der Waals surface area (Å²) in [4.78, 5) is 28.6. The van der Waals surface area contributed by atoms with Crippen LogP contribution in [-0.4, -0.2) is 65.6 Å². The average molecular weight is 332 g/mol. The second kappa shape index (κ2) is 6.81. The van der Waals surface area contributed by atoms with Crippen molar-refractivity contribution >= 4 is 11.8 Å². The molecular formula is C18H24N2O4. The van der Waals surface area contributed by atoms with Gasteiger partial charge in [0.15, 0.2) is 0 Å². The Hall–Kier alpha value is -2.08. The Balaban J connectivity index is 1.72. The van der Waals surface area contributed by atoms with Crippen LogP contribution in [0, 0.1) is 0 Å². The number of phenols is 1. The van der Waals surface area contributed by atoms with Gasteiger partial charge in [-0.25, -0.2) is 0 Å². The number of amides is 2. The molecule has 0 aromatic heterocycles. The van der Waals surface area contributed by atoms with Crippen molar-refractivity contribution in [3.8, 4) is 5.75 Å². The zero-order valence-electron chi connectivity index (χ0n) is 14.1. The molecule has 2 fully saturated rings. The molecule has 0 aliphatic carbocycles. The van der Waals surface area contributed by atoms with E-state index >= 15 is 0 Å². The van der Waals surface area contributed by atoms with E-state index in [1.807, 2.05) is 12.1 Å². The monoisotopic (exact) mass is 332 g/mol. The summed E-state index contributed by atoms with van der Waals surface area (Å²) in [7, 11) is 3.42. The molecular weight excluding hydrogens is 308 g/mol. The molecule has 1 aromatic rings. The highest BCUT2D eigenvalue weighted by atomic mass is 16.5. The quantitative estimate of drug-likeness (QED) is 0.899. The third-order valence-electron chi connectivity index (χ3n) is 4.94. The summed E-state index contributed by atoms with van der Waals surface area (Å²) in [5, 5.41) is 9.85. The van der Waals surface area contributed by atoms with Gasteiger partial charge in [-0.15, -0.1) is 0 Å². The van der Waals surface area contributed by atoms with E-state index in [0.717, 1.165) is 12.0 Å². The van der Waals surface area contributed by atoms with Crippen LogP contribution in [0.1, 0.15) is 24.8 Å². The molecule has 6 nitrogen and oxygen atoms in total. The van der Waals surface area contributed by atoms with Crippen LogP contribution in [0.15, 0.2) is 24.3 Å². The Morgan fingerprint density at radius 1 is 1.33 bits per heavy atom. The molecule has 1 aromatic carbocycles. The normalized spacial score (nSPS) is 25.6. The molecule has 0 radical (unpaired) electrons. The van der Waals surface area contributed by atoms with E-state index in [-0.39, 0.29) is 36.1 Å². The minimum absolute atomic E-state index is 0.00392. The topological polar surface area (TPSA) is 70.1 Å². The second-order valence-electron chi connectivity index (χ2n) is 6.68. The van der Waals surface area contributed by atoms with Crippen molar-refractivity contribution in [2.75, 3.05) is 20.7 Å². The number of carbonyl (C=O) groups is 2. The first-order valence-corrected chi connectivity index (χ1v) is 8.40. The van der Waals surface area contributed by atoms with Crippen LogP contribution >= 0.6 is 0 Å². The first kappa shape index (κ1) is 16.8. The molecule has 2 aliphatic rings. The maximum absolute atomic E-state index is 12.8. The van der Waals surface area contributed by atoms with Gasteiger partial charge in [-0.2, -0.15) is 0 Å². The van der Waals surface area contributed by atoms with Crippen molar-refractivity contribution in [2.24, 2.45) is 0 Å². The number of carbonyl (C=O) groups excluding carboxylic acids is 2. The summed E-state index contributed by atoms with van der Waals surface area (Å²) in [5.41, 5.74) is 0.750. The fourth-order valence-electron chi connectivity index (χ4n) is 3.71. The van der Waals surface area contributed by atoms with Gasteiger partial charge in [0.1, 0.15) is 11.8 Å². The standard InChI is InChI=1S/C18H24N2O4/c1-19(2)18(23)14-11-16-13(9-10-24-16)20(14)17(22)8-7-12-5-3-4-6-15(12)21/h3-6,13-14,16,21H,7-11H2,1-2H3/t13-,14?,16-/m0/s1. The largest absolute Gasteiger partial charge is 0.508 e. The number of para-hydroxylation sites is 1. The molecule has 2 aliphatic heterocycles. The third-order valence-corrected chi connectivity index (χ3v) is 4.94. The molecule has 2 saturated heterocycles. The average Bonchev–Trinajstić information content (AvgIpc) is 3.13. The van der Waals surface area contributed by atoms with E-state index in [0.29, 0.717) is 19.4 Å². The molecule has 2 amide bonds. The summed E-state index contributed by atoms with van der Waals surface area (Å²) < 4.78 is 5.69. The number of nitrogens with zero attached hydrogens (tertiary/aromatic N) is 2. The molecule has 1 unspecified atom stereocenters. The Kier molecular flexibility index (Phi) is 4.76. The predicted molar refractivity (Wildman–Crippen MR) is 88.5 cm³/mol. The molecule has 0 saturated carbocycles. The molecule has 1 N–H and O–H groups in total. The Morgan fingerprint density at radius 3 is 2.79 bits per heavy atom. The van der Waals surface area contributed by atoms with Gasteiger partial charge in [0.25, 0.3) is 0 Å². The third kappa shape index (κ3) is 3.11. The number of likely N-dealkylation sites (N-methyl/N-ethyl adjacent to an activating group) is 1. The number of fused-ring (bicyclic) bond motifs is 1. The lowest BCUT2D eigenvalue weighted by atomic mass is 10.1. The number of aryl methyl sites for hydroxylation is 1. The maximum atomic E-state index is 12.8. The predicted octanol–water partition coefficient (Wildman–Crippen LogP) is 1.17. The smallest absolute Gasteiger partial charge is 0.244 e. The molecule has 2 heterocycles. The van der Waals surface area contributed by atoms with Crippen molar-refractivity contribution < 1.29 is 19.4 Å². The van der Waals surface area contributed by atoms with Crippen molar-refractivity contribution in [1.29, 1.82) is 0 Å². The van der Waals surface area contributed by atoms with Gasteiger partial charge in [-0.1, -0.05) is 18.2 Å². The molecule has 3 rings (SSSR count). The summed E-state index contributed by atoms with van der Waals surface area (Å²) in [6.45, 7) is 0.640. The van der Waals surface area contributed by atoms with Gasteiger partial charge < -0.3 is 19.6 Å². The van der Waals surface area contributed by atoms with Gasteiger partial charge in [0.05, 0.1) is 12.1 Å². The Bertz CT molecular complexity index is 631. The van der Waals surface area contributed by atoms with Gasteiger partial charge in [0.2, 0.25) is 11.8 Å². The molecule has 0 spiro atoms. The summed E-state index contributed by atoms with van der Waals surface area (Å²) >= 11 is 0. The van der Waals surface area contributed by atoms with Crippen molar-refractivity contribution in [3.63, 3.8) is 0 Å². The molecule has 6 heteroatoms. The number of hydrogen-bond acceptors (Lipinski definition) is 4. The number of likely N-dealkylation sites (tertiary alicyclic amines) is 1. The lowest BCUT2D eigenvalue weighted by Crippen LogP contribution is -2.48. The number of ether oxygens (including phenoxy) is 1. The fraction of sp³-hybridized carbons (Fsp3) is 0.556. The maximum Gasteiger partial charge on any atom is 0.244 e. The minimum Gasteiger partial charge on any atom is -0.508 e. The van der Waals surface area contributed by atoms with Crippen molar-refractivity contribution in [2.45, 2.75) is 43.9 Å². The Morgan fingerprint density at radius 2 is 2.08 bits per heavy atom. The summed E-state index contributed by atoms with van der Waals surface area (Å²) in [6, 6.07) is 6.59. The van der Waals surface area contributed by atoms with E-state index in [1.54, 1.807) is 31.1 Å². The van der Waals surface area contributed by atoms with Crippen LogP contribution in [0.4, 0.5) is 0 Å². The van der Waals surface area contributed by atoms with E-state index < -0.39 is 6.04 Å².